The van der Waals surface area contributed by atoms with Crippen molar-refractivity contribution < 1.29 is 8.42 Å². The lowest BCUT2D eigenvalue weighted by Gasteiger charge is -2.44. The second-order valence-electron chi connectivity index (χ2n) is 6.01. The zero-order valence-electron chi connectivity index (χ0n) is 10.8. The number of rotatable bonds is 0. The van der Waals surface area contributed by atoms with E-state index in [4.69, 9.17) is 0 Å². The summed E-state index contributed by atoms with van der Waals surface area (Å²) in [5.41, 5.74) is 2.39. The van der Waals surface area contributed by atoms with Gasteiger partial charge in [0.2, 0.25) is 0 Å². The van der Waals surface area contributed by atoms with E-state index in [1.165, 1.54) is 11.1 Å². The second-order valence-corrected chi connectivity index (χ2v) is 8.35. The summed E-state index contributed by atoms with van der Waals surface area (Å²) >= 11 is 0. The van der Waals surface area contributed by atoms with Crippen molar-refractivity contribution in [3.05, 3.63) is 35.4 Å². The highest BCUT2D eigenvalue weighted by molar-refractivity contribution is 7.92. The molecule has 1 aromatic carbocycles. The van der Waals surface area contributed by atoms with Gasteiger partial charge in [-0.2, -0.15) is 0 Å². The van der Waals surface area contributed by atoms with Crippen molar-refractivity contribution in [3.63, 3.8) is 0 Å². The minimum Gasteiger partial charge on any atom is -0.308 e. The largest absolute Gasteiger partial charge is 0.308 e. The number of fused-ring (bicyclic) bond motifs is 3. The lowest BCUT2D eigenvalue weighted by molar-refractivity contribution is 0.349. The van der Waals surface area contributed by atoms with Gasteiger partial charge in [-0.3, -0.25) is 0 Å². The average molecular weight is 265 g/mol. The molecule has 1 fully saturated rings. The fourth-order valence-electron chi connectivity index (χ4n) is 3.40. The Morgan fingerprint density at radius 3 is 2.78 bits per heavy atom. The number of sulfone groups is 1. The zero-order chi connectivity index (χ0) is 13.0. The topological polar surface area (TPSA) is 46.2 Å². The summed E-state index contributed by atoms with van der Waals surface area (Å²) in [5.74, 6) is 0.270. The van der Waals surface area contributed by atoms with E-state index in [2.05, 4.69) is 31.3 Å². The standard InChI is InChI=1S/C14H19NO2S/c1-14(2)9-12-13(15-7-8-18(12,16)17)10-5-3-4-6-11(10)14/h3-6,12-13,15H,7-9H2,1-2H3. The molecule has 98 valence electrons. The SMILES string of the molecule is CC1(C)CC2C(NCCS2(=O)=O)c2ccccc21. The predicted octanol–water partition coefficient (Wildman–Crippen LogP) is 1.80. The van der Waals surface area contributed by atoms with E-state index in [0.29, 0.717) is 13.0 Å². The van der Waals surface area contributed by atoms with Gasteiger partial charge in [-0.05, 0) is 23.0 Å². The Hall–Kier alpha value is -0.870. The van der Waals surface area contributed by atoms with E-state index in [1.807, 2.05) is 12.1 Å². The Morgan fingerprint density at radius 1 is 1.28 bits per heavy atom. The van der Waals surface area contributed by atoms with Crippen LogP contribution in [0.4, 0.5) is 0 Å². The summed E-state index contributed by atoms with van der Waals surface area (Å²) in [5, 5.41) is 3.12. The van der Waals surface area contributed by atoms with Gasteiger partial charge in [0.1, 0.15) is 0 Å². The maximum atomic E-state index is 12.3. The van der Waals surface area contributed by atoms with Crippen LogP contribution in [-0.4, -0.2) is 26.0 Å². The van der Waals surface area contributed by atoms with Crippen molar-refractivity contribution in [1.29, 1.82) is 0 Å². The van der Waals surface area contributed by atoms with Gasteiger partial charge >= 0.3 is 0 Å². The minimum atomic E-state index is -2.96. The van der Waals surface area contributed by atoms with Gasteiger partial charge in [0.25, 0.3) is 0 Å². The van der Waals surface area contributed by atoms with E-state index >= 15 is 0 Å². The monoisotopic (exact) mass is 265 g/mol. The molecular formula is C14H19NO2S. The highest BCUT2D eigenvalue weighted by Crippen LogP contribution is 2.45. The van der Waals surface area contributed by atoms with Crippen LogP contribution in [0.25, 0.3) is 0 Å². The molecule has 2 atom stereocenters. The first-order chi connectivity index (χ1) is 8.42. The van der Waals surface area contributed by atoms with Crippen LogP contribution >= 0.6 is 0 Å². The summed E-state index contributed by atoms with van der Waals surface area (Å²) < 4.78 is 24.5. The molecule has 1 aliphatic carbocycles. The van der Waals surface area contributed by atoms with Crippen molar-refractivity contribution in [2.24, 2.45) is 0 Å². The third kappa shape index (κ3) is 1.70. The normalized spacial score (nSPS) is 32.3. The van der Waals surface area contributed by atoms with Gasteiger partial charge in [-0.15, -0.1) is 0 Å². The third-order valence-electron chi connectivity index (χ3n) is 4.32. The van der Waals surface area contributed by atoms with E-state index in [9.17, 15) is 8.42 Å². The van der Waals surface area contributed by atoms with Crippen molar-refractivity contribution in [3.8, 4) is 0 Å². The van der Waals surface area contributed by atoms with Gasteiger partial charge in [-0.1, -0.05) is 38.1 Å². The van der Waals surface area contributed by atoms with E-state index in [0.717, 1.165) is 0 Å². The molecule has 1 heterocycles. The van der Waals surface area contributed by atoms with Gasteiger partial charge in [0.05, 0.1) is 11.0 Å². The van der Waals surface area contributed by atoms with Gasteiger partial charge in [0, 0.05) is 12.6 Å². The molecule has 1 aromatic rings. The lowest BCUT2D eigenvalue weighted by atomic mass is 9.70. The third-order valence-corrected chi connectivity index (χ3v) is 6.45. The Bertz CT molecular complexity index is 577. The fraction of sp³-hybridized carbons (Fsp3) is 0.571. The van der Waals surface area contributed by atoms with Crippen LogP contribution in [0.1, 0.15) is 37.4 Å². The van der Waals surface area contributed by atoms with Crippen LogP contribution < -0.4 is 5.32 Å². The first kappa shape index (κ1) is 12.2. The molecule has 3 rings (SSSR count). The molecule has 0 aromatic heterocycles. The van der Waals surface area contributed by atoms with Crippen molar-refractivity contribution in [1.82, 2.24) is 5.32 Å². The predicted molar refractivity (Wildman–Crippen MR) is 72.4 cm³/mol. The molecule has 3 nitrogen and oxygen atoms in total. The Balaban J connectivity index is 2.18. The maximum absolute atomic E-state index is 12.3. The molecule has 0 spiro atoms. The summed E-state index contributed by atoms with van der Waals surface area (Å²) in [6, 6.07) is 8.22. The molecule has 18 heavy (non-hydrogen) atoms. The van der Waals surface area contributed by atoms with Crippen LogP contribution in [0.5, 0.6) is 0 Å². The van der Waals surface area contributed by atoms with Crippen LogP contribution in [-0.2, 0) is 15.3 Å². The summed E-state index contributed by atoms with van der Waals surface area (Å²) in [6.07, 6.45) is 0.712. The number of hydrogen-bond acceptors (Lipinski definition) is 3. The highest BCUT2D eigenvalue weighted by Gasteiger charge is 2.46. The fourth-order valence-corrected chi connectivity index (χ4v) is 5.43. The Labute approximate surface area is 109 Å². The molecule has 0 saturated carbocycles. The molecule has 1 aliphatic heterocycles. The van der Waals surface area contributed by atoms with Gasteiger partial charge < -0.3 is 5.32 Å². The summed E-state index contributed by atoms with van der Waals surface area (Å²) in [7, 11) is -2.96. The lowest BCUT2D eigenvalue weighted by Crippen LogP contribution is -2.52. The Kier molecular flexibility index (Phi) is 2.58. The molecule has 2 unspecified atom stereocenters. The first-order valence-corrected chi connectivity index (χ1v) is 8.18. The maximum Gasteiger partial charge on any atom is 0.156 e. The summed E-state index contributed by atoms with van der Waals surface area (Å²) in [6.45, 7) is 4.86. The van der Waals surface area contributed by atoms with Crippen molar-refractivity contribution in [2.75, 3.05) is 12.3 Å². The molecule has 0 bridgehead atoms. The number of benzene rings is 1. The van der Waals surface area contributed by atoms with Gasteiger partial charge in [-0.25, -0.2) is 8.42 Å². The number of hydrogen-bond donors (Lipinski definition) is 1. The van der Waals surface area contributed by atoms with E-state index in [1.54, 1.807) is 0 Å². The Morgan fingerprint density at radius 2 is 2.00 bits per heavy atom. The van der Waals surface area contributed by atoms with Crippen molar-refractivity contribution in [2.45, 2.75) is 37.0 Å². The van der Waals surface area contributed by atoms with Crippen LogP contribution in [0.3, 0.4) is 0 Å². The number of nitrogens with one attached hydrogen (secondary N) is 1. The molecule has 1 saturated heterocycles. The average Bonchev–Trinajstić information content (AvgIpc) is 2.31. The zero-order valence-corrected chi connectivity index (χ0v) is 11.6. The van der Waals surface area contributed by atoms with E-state index in [-0.39, 0.29) is 22.5 Å². The molecule has 1 N–H and O–H groups in total. The molecule has 0 amide bonds. The van der Waals surface area contributed by atoms with Gasteiger partial charge in [0.15, 0.2) is 9.84 Å². The molecule has 4 heteroatoms. The van der Waals surface area contributed by atoms with Crippen LogP contribution in [0, 0.1) is 0 Å². The van der Waals surface area contributed by atoms with E-state index < -0.39 is 9.84 Å². The molecule has 2 aliphatic rings. The summed E-state index contributed by atoms with van der Waals surface area (Å²) in [4.78, 5) is 0. The quantitative estimate of drug-likeness (QED) is 0.778. The molecule has 0 radical (unpaired) electrons. The minimum absolute atomic E-state index is 0.0204. The smallest absolute Gasteiger partial charge is 0.156 e. The van der Waals surface area contributed by atoms with Crippen LogP contribution in [0.15, 0.2) is 24.3 Å². The highest BCUT2D eigenvalue weighted by atomic mass is 32.2. The van der Waals surface area contributed by atoms with Crippen LogP contribution in [0.2, 0.25) is 0 Å². The van der Waals surface area contributed by atoms with Crippen molar-refractivity contribution >= 4 is 9.84 Å². The second kappa shape index (κ2) is 3.81. The molecular weight excluding hydrogens is 246 g/mol. The first-order valence-electron chi connectivity index (χ1n) is 6.46.